The van der Waals surface area contributed by atoms with E-state index in [0.29, 0.717) is 0 Å². The number of benzene rings is 10. The van der Waals surface area contributed by atoms with E-state index in [0.717, 1.165) is 84.3 Å². The number of nitrogens with zero attached hydrogens (tertiary/aromatic N) is 3. The molecule has 10 aromatic carbocycles. The maximum Gasteiger partial charge on any atom is 0.135 e. The molecule has 0 bridgehead atoms. The summed E-state index contributed by atoms with van der Waals surface area (Å²) in [5, 5.41) is 4.75. The van der Waals surface area contributed by atoms with Crippen molar-refractivity contribution < 1.29 is 4.42 Å². The van der Waals surface area contributed by atoms with Gasteiger partial charge in [0.15, 0.2) is 0 Å². The van der Waals surface area contributed by atoms with Crippen molar-refractivity contribution in [2.75, 3.05) is 14.7 Å². The van der Waals surface area contributed by atoms with Crippen LogP contribution in [0.25, 0.3) is 53.2 Å². The zero-order chi connectivity index (χ0) is 43.1. The minimum atomic E-state index is 0.893. The quantitative estimate of drug-likeness (QED) is 0.137. The van der Waals surface area contributed by atoms with Gasteiger partial charge in [-0.2, -0.15) is 0 Å². The Morgan fingerprint density at radius 2 is 0.723 bits per heavy atom. The highest BCUT2D eigenvalue weighted by Gasteiger charge is 2.24. The van der Waals surface area contributed by atoms with E-state index >= 15 is 0 Å². The molecule has 12 rings (SSSR count). The van der Waals surface area contributed by atoms with Crippen molar-refractivity contribution in [3.05, 3.63) is 249 Å². The molecule has 0 amide bonds. The molecule has 0 atom stereocenters. The first kappa shape index (κ1) is 38.3. The number of anilines is 9. The van der Waals surface area contributed by atoms with Crippen LogP contribution < -0.4 is 14.7 Å². The monoisotopic (exact) mass is 851 g/mol. The van der Waals surface area contributed by atoms with Gasteiger partial charge in [-0.05, 0) is 120 Å². The van der Waals surface area contributed by atoms with E-state index in [1.807, 2.05) is 23.5 Å². The molecule has 0 spiro atoms. The fraction of sp³-hybridized carbons (Fsp3) is 0. The van der Waals surface area contributed by atoms with Crippen LogP contribution in [0, 0.1) is 0 Å². The fourth-order valence-corrected chi connectivity index (χ4v) is 10.4. The molecule has 65 heavy (non-hydrogen) atoms. The first-order valence-electron chi connectivity index (χ1n) is 21.9. The average Bonchev–Trinajstić information content (AvgIpc) is 3.95. The van der Waals surface area contributed by atoms with Gasteiger partial charge in [0.05, 0.1) is 27.4 Å². The van der Waals surface area contributed by atoms with Crippen LogP contribution in [0.3, 0.4) is 0 Å². The van der Waals surface area contributed by atoms with E-state index < -0.39 is 0 Å². The minimum Gasteiger partial charge on any atom is -0.456 e. The van der Waals surface area contributed by atoms with E-state index in [2.05, 4.69) is 251 Å². The van der Waals surface area contributed by atoms with Gasteiger partial charge in [-0.3, -0.25) is 0 Å². The fourth-order valence-electron chi connectivity index (χ4n) is 9.21. The lowest BCUT2D eigenvalue weighted by Gasteiger charge is -2.33. The van der Waals surface area contributed by atoms with Crippen molar-refractivity contribution in [1.29, 1.82) is 0 Å². The Labute approximate surface area is 381 Å². The highest BCUT2D eigenvalue weighted by molar-refractivity contribution is 7.26. The van der Waals surface area contributed by atoms with Crippen LogP contribution >= 0.6 is 11.3 Å². The second-order valence-electron chi connectivity index (χ2n) is 16.2. The molecule has 0 aliphatic rings. The molecule has 2 aromatic heterocycles. The van der Waals surface area contributed by atoms with Gasteiger partial charge in [-0.15, -0.1) is 11.3 Å². The van der Waals surface area contributed by atoms with Crippen molar-refractivity contribution in [3.63, 3.8) is 0 Å². The predicted molar refractivity (Wildman–Crippen MR) is 276 cm³/mol. The minimum absolute atomic E-state index is 0.893. The van der Waals surface area contributed by atoms with Gasteiger partial charge in [0.2, 0.25) is 0 Å². The molecule has 4 nitrogen and oxygen atoms in total. The van der Waals surface area contributed by atoms with Crippen LogP contribution in [0.2, 0.25) is 0 Å². The van der Waals surface area contributed by atoms with Crippen LogP contribution in [-0.4, -0.2) is 0 Å². The van der Waals surface area contributed by atoms with Gasteiger partial charge in [-0.25, -0.2) is 0 Å². The lowest BCUT2D eigenvalue weighted by molar-refractivity contribution is 0.669. The molecule has 0 aliphatic carbocycles. The Balaban J connectivity index is 1.11. The number of furan rings is 1. The predicted octanol–water partition coefficient (Wildman–Crippen LogP) is 18.0. The second-order valence-corrected chi connectivity index (χ2v) is 17.2. The summed E-state index contributed by atoms with van der Waals surface area (Å²) in [6, 6.07) is 89.0. The summed E-state index contributed by atoms with van der Waals surface area (Å²) in [7, 11) is 0. The molecule has 2 heterocycles. The van der Waals surface area contributed by atoms with E-state index in [9.17, 15) is 0 Å². The van der Waals surface area contributed by atoms with Crippen LogP contribution in [0.15, 0.2) is 253 Å². The first-order chi connectivity index (χ1) is 32.2. The standard InChI is InChI=1S/C60H41N3OS/c1-5-18-44(19-6-1)61(45-20-7-2-8-21-45)49-39-50(62(46-22-9-3-10-23-46)47-24-11-4-12-25-47)41-51(40-49)63(56-29-17-28-54-53-27-14-16-31-59(53)65-60(54)56)48-35-32-42(33-36-48)43-34-37-58-55(38-43)52-26-13-15-30-57(52)64-58/h1-41H. The number of rotatable bonds is 10. The lowest BCUT2D eigenvalue weighted by atomic mass is 10.0. The zero-order valence-electron chi connectivity index (χ0n) is 35.3. The molecule has 5 heteroatoms. The number of hydrogen-bond donors (Lipinski definition) is 0. The molecule has 0 saturated heterocycles. The normalized spacial score (nSPS) is 11.4. The average molecular weight is 852 g/mol. The summed E-state index contributed by atoms with van der Waals surface area (Å²) >= 11 is 1.85. The second kappa shape index (κ2) is 16.4. The van der Waals surface area contributed by atoms with E-state index in [1.54, 1.807) is 0 Å². The SMILES string of the molecule is c1ccc(N(c2ccccc2)c2cc(N(c3ccccc3)c3ccccc3)cc(N(c3ccc(-c4ccc5oc6ccccc6c5c4)cc3)c3cccc4c3sc3ccccc34)c2)cc1. The van der Waals surface area contributed by atoms with Crippen molar-refractivity contribution in [3.8, 4) is 11.1 Å². The number of fused-ring (bicyclic) bond motifs is 6. The van der Waals surface area contributed by atoms with Gasteiger partial charge in [0, 0.05) is 54.7 Å². The third-order valence-corrected chi connectivity index (χ3v) is 13.4. The first-order valence-corrected chi connectivity index (χ1v) is 22.7. The maximum absolute atomic E-state index is 6.20. The van der Waals surface area contributed by atoms with Crippen molar-refractivity contribution >= 4 is 105 Å². The Morgan fingerprint density at radius 3 is 1.31 bits per heavy atom. The highest BCUT2D eigenvalue weighted by Crippen LogP contribution is 2.49. The molecule has 0 radical (unpaired) electrons. The Morgan fingerprint density at radius 1 is 0.277 bits per heavy atom. The molecule has 0 aliphatic heterocycles. The molecule has 0 saturated carbocycles. The van der Waals surface area contributed by atoms with E-state index in [4.69, 9.17) is 4.42 Å². The summed E-state index contributed by atoms with van der Waals surface area (Å²) in [6.45, 7) is 0. The summed E-state index contributed by atoms with van der Waals surface area (Å²) in [5.74, 6) is 0. The van der Waals surface area contributed by atoms with Crippen molar-refractivity contribution in [2.24, 2.45) is 0 Å². The van der Waals surface area contributed by atoms with Gasteiger partial charge in [0.25, 0.3) is 0 Å². The van der Waals surface area contributed by atoms with E-state index in [-0.39, 0.29) is 0 Å². The third kappa shape index (κ3) is 7.05. The van der Waals surface area contributed by atoms with E-state index in [1.165, 1.54) is 20.2 Å². The topological polar surface area (TPSA) is 22.9 Å². The summed E-state index contributed by atoms with van der Waals surface area (Å²) in [5.41, 5.74) is 13.6. The Hall–Kier alpha value is -8.38. The van der Waals surface area contributed by atoms with Crippen molar-refractivity contribution in [2.45, 2.75) is 0 Å². The van der Waals surface area contributed by atoms with Gasteiger partial charge >= 0.3 is 0 Å². The number of thiophene rings is 1. The largest absolute Gasteiger partial charge is 0.456 e. The van der Waals surface area contributed by atoms with Gasteiger partial charge in [-0.1, -0.05) is 140 Å². The zero-order valence-corrected chi connectivity index (χ0v) is 36.1. The highest BCUT2D eigenvalue weighted by atomic mass is 32.1. The van der Waals surface area contributed by atoms with Gasteiger partial charge < -0.3 is 19.1 Å². The summed E-state index contributed by atoms with van der Waals surface area (Å²) in [4.78, 5) is 7.17. The van der Waals surface area contributed by atoms with Gasteiger partial charge in [0.1, 0.15) is 11.2 Å². The molecule has 12 aromatic rings. The van der Waals surface area contributed by atoms with Crippen LogP contribution in [-0.2, 0) is 0 Å². The molecule has 308 valence electrons. The third-order valence-electron chi connectivity index (χ3n) is 12.2. The lowest BCUT2D eigenvalue weighted by Crippen LogP contribution is -2.16. The summed E-state index contributed by atoms with van der Waals surface area (Å²) < 4.78 is 8.70. The maximum atomic E-state index is 6.20. The molecule has 0 N–H and O–H groups in total. The summed E-state index contributed by atoms with van der Waals surface area (Å²) in [6.07, 6.45) is 0. The van der Waals surface area contributed by atoms with Crippen LogP contribution in [0.4, 0.5) is 51.2 Å². The molecular weight excluding hydrogens is 811 g/mol. The Kier molecular flexibility index (Phi) is 9.66. The Bertz CT molecular complexity index is 3430. The smallest absolute Gasteiger partial charge is 0.135 e. The molecule has 0 fully saturated rings. The number of para-hydroxylation sites is 5. The van der Waals surface area contributed by atoms with Crippen molar-refractivity contribution in [1.82, 2.24) is 0 Å². The van der Waals surface area contributed by atoms with Crippen LogP contribution in [0.1, 0.15) is 0 Å². The van der Waals surface area contributed by atoms with Crippen LogP contribution in [0.5, 0.6) is 0 Å². The molecular formula is C60H41N3OS. The number of hydrogen-bond acceptors (Lipinski definition) is 5. The molecule has 0 unspecified atom stereocenters.